The predicted molar refractivity (Wildman–Crippen MR) is 105 cm³/mol. The number of nitro groups is 2. The number of hydrogen-bond donors (Lipinski definition) is 0. The number of nitrogens with zero attached hydrogens (tertiary/aromatic N) is 3. The molecule has 2 heterocycles. The zero-order valence-corrected chi connectivity index (χ0v) is 17.0. The maximum atomic E-state index is 11.2. The molecule has 0 aliphatic carbocycles. The van der Waals surface area contributed by atoms with Crippen LogP contribution >= 0.6 is 0 Å². The van der Waals surface area contributed by atoms with Gasteiger partial charge in [-0.25, -0.2) is 4.57 Å². The van der Waals surface area contributed by atoms with Gasteiger partial charge < -0.3 is 21.9 Å². The fourth-order valence-electron chi connectivity index (χ4n) is 3.38. The molecule has 0 spiro atoms. The molecule has 0 saturated heterocycles. The average Bonchev–Trinajstić information content (AvgIpc) is 2.75. The molecule has 31 heavy (non-hydrogen) atoms. The van der Waals surface area contributed by atoms with Gasteiger partial charge in [-0.1, -0.05) is 12.1 Å². The van der Waals surface area contributed by atoms with E-state index in [4.69, 9.17) is 9.47 Å². The summed E-state index contributed by atoms with van der Waals surface area (Å²) in [6.45, 7) is 0.821. The molecule has 10 heteroatoms. The van der Waals surface area contributed by atoms with E-state index >= 15 is 0 Å². The number of halogens is 1. The molecule has 3 aromatic rings. The lowest BCUT2D eigenvalue weighted by Gasteiger charge is -2.19. The molecule has 0 amide bonds. The molecule has 1 aliphatic heterocycles. The van der Waals surface area contributed by atoms with Crippen LogP contribution in [0.15, 0.2) is 60.9 Å². The molecule has 1 aromatic heterocycles. The molecule has 0 fully saturated rings. The molecule has 0 saturated carbocycles. The van der Waals surface area contributed by atoms with Crippen molar-refractivity contribution in [2.75, 3.05) is 6.79 Å². The fraction of sp³-hybridized carbons (Fsp3) is 0.190. The smallest absolute Gasteiger partial charge is 0.270 e. The second kappa shape index (κ2) is 9.50. The minimum Gasteiger partial charge on any atom is -1.00 e. The Kier molecular flexibility index (Phi) is 6.78. The van der Waals surface area contributed by atoms with Crippen LogP contribution in [0.5, 0.6) is 5.75 Å². The number of non-ortho nitro benzene ring substituents is 2. The third-order valence-corrected chi connectivity index (χ3v) is 4.85. The third-order valence-electron chi connectivity index (χ3n) is 4.85. The van der Waals surface area contributed by atoms with Crippen LogP contribution in [0.1, 0.15) is 22.3 Å². The van der Waals surface area contributed by atoms with Gasteiger partial charge in [0.25, 0.3) is 11.4 Å². The summed E-state index contributed by atoms with van der Waals surface area (Å²) in [7, 11) is 0. The first-order valence-corrected chi connectivity index (χ1v) is 9.21. The summed E-state index contributed by atoms with van der Waals surface area (Å²) in [6.07, 6.45) is 4.43. The molecule has 160 valence electrons. The maximum absolute atomic E-state index is 11.2. The molecule has 1 aliphatic rings. The van der Waals surface area contributed by atoms with Crippen molar-refractivity contribution in [2.24, 2.45) is 0 Å². The Morgan fingerprint density at radius 1 is 0.903 bits per heavy atom. The minimum absolute atomic E-state index is 0. The largest absolute Gasteiger partial charge is 1.00 e. The molecule has 0 N–H and O–H groups in total. The van der Waals surface area contributed by atoms with Crippen molar-refractivity contribution in [2.45, 2.75) is 19.6 Å². The van der Waals surface area contributed by atoms with Crippen LogP contribution in [-0.2, 0) is 24.3 Å². The molecular weight excluding hydrogens is 426 g/mol. The van der Waals surface area contributed by atoms with E-state index < -0.39 is 9.85 Å². The lowest BCUT2D eigenvalue weighted by Crippen LogP contribution is -3.00. The van der Waals surface area contributed by atoms with E-state index in [9.17, 15) is 20.2 Å². The SMILES string of the molecule is O=[N+]([O-])c1ccc(Cc2cc[n+](Cc3cc([N+](=O)[O-])cc4c3OCOC4)cc2)cc1.[Cl-]. The predicted octanol–water partition coefficient (Wildman–Crippen LogP) is 0.300. The van der Waals surface area contributed by atoms with E-state index in [1.165, 1.54) is 24.3 Å². The number of pyridine rings is 1. The first kappa shape index (κ1) is 22.1. The van der Waals surface area contributed by atoms with Crippen molar-refractivity contribution in [3.63, 3.8) is 0 Å². The lowest BCUT2D eigenvalue weighted by molar-refractivity contribution is -0.688. The van der Waals surface area contributed by atoms with Gasteiger partial charge >= 0.3 is 0 Å². The van der Waals surface area contributed by atoms with Gasteiger partial charge in [0.15, 0.2) is 25.7 Å². The van der Waals surface area contributed by atoms with E-state index in [1.807, 2.05) is 29.1 Å². The van der Waals surface area contributed by atoms with Gasteiger partial charge in [-0.15, -0.1) is 0 Å². The summed E-state index contributed by atoms with van der Waals surface area (Å²) >= 11 is 0. The molecule has 0 radical (unpaired) electrons. The molecule has 0 bridgehead atoms. The number of benzene rings is 2. The summed E-state index contributed by atoms with van der Waals surface area (Å²) in [4.78, 5) is 21.2. The quantitative estimate of drug-likeness (QED) is 0.308. The average molecular weight is 444 g/mol. The van der Waals surface area contributed by atoms with E-state index in [0.717, 1.165) is 16.7 Å². The Morgan fingerprint density at radius 3 is 2.19 bits per heavy atom. The first-order valence-electron chi connectivity index (χ1n) is 9.21. The summed E-state index contributed by atoms with van der Waals surface area (Å²) in [6, 6.07) is 13.4. The summed E-state index contributed by atoms with van der Waals surface area (Å²) in [5.74, 6) is 0.634. The van der Waals surface area contributed by atoms with Crippen molar-refractivity contribution in [3.8, 4) is 5.75 Å². The summed E-state index contributed by atoms with van der Waals surface area (Å²) < 4.78 is 12.7. The van der Waals surface area contributed by atoms with Crippen LogP contribution in [0.4, 0.5) is 11.4 Å². The molecule has 2 aromatic carbocycles. The van der Waals surface area contributed by atoms with Gasteiger partial charge in [0.05, 0.1) is 22.0 Å². The van der Waals surface area contributed by atoms with E-state index in [-0.39, 0.29) is 37.2 Å². The van der Waals surface area contributed by atoms with Crippen LogP contribution < -0.4 is 21.7 Å². The zero-order chi connectivity index (χ0) is 21.1. The zero-order valence-electron chi connectivity index (χ0n) is 16.3. The maximum Gasteiger partial charge on any atom is 0.270 e. The number of nitro benzene ring substituents is 2. The number of aromatic nitrogens is 1. The third kappa shape index (κ3) is 5.14. The van der Waals surface area contributed by atoms with E-state index in [1.54, 1.807) is 12.1 Å². The van der Waals surface area contributed by atoms with Crippen LogP contribution in [0.2, 0.25) is 0 Å². The van der Waals surface area contributed by atoms with Crippen molar-refractivity contribution >= 4 is 11.4 Å². The first-order chi connectivity index (χ1) is 14.5. The Balaban J connectivity index is 0.00000272. The monoisotopic (exact) mass is 443 g/mol. The normalized spacial score (nSPS) is 12.3. The second-order valence-electron chi connectivity index (χ2n) is 6.94. The van der Waals surface area contributed by atoms with Gasteiger partial charge in [-0.05, 0) is 17.5 Å². The van der Waals surface area contributed by atoms with Crippen molar-refractivity contribution in [3.05, 3.63) is 103 Å². The Morgan fingerprint density at radius 2 is 1.55 bits per heavy atom. The Bertz CT molecular complexity index is 1100. The Hall–Kier alpha value is -3.56. The Labute approximate surface area is 183 Å². The highest BCUT2D eigenvalue weighted by Crippen LogP contribution is 2.32. The van der Waals surface area contributed by atoms with Crippen LogP contribution in [0.25, 0.3) is 0 Å². The molecular formula is C21H18ClN3O6. The van der Waals surface area contributed by atoms with Gasteiger partial charge in [0.2, 0.25) is 0 Å². The van der Waals surface area contributed by atoms with Crippen molar-refractivity contribution in [1.82, 2.24) is 0 Å². The minimum atomic E-state index is -0.420. The number of hydrogen-bond acceptors (Lipinski definition) is 6. The highest BCUT2D eigenvalue weighted by Gasteiger charge is 2.23. The van der Waals surface area contributed by atoms with Crippen LogP contribution in [0, 0.1) is 20.2 Å². The van der Waals surface area contributed by atoms with Gasteiger partial charge in [-0.3, -0.25) is 20.2 Å². The van der Waals surface area contributed by atoms with E-state index in [0.29, 0.717) is 24.3 Å². The van der Waals surface area contributed by atoms with Gasteiger partial charge in [0, 0.05) is 42.0 Å². The molecule has 4 rings (SSSR count). The van der Waals surface area contributed by atoms with Crippen LogP contribution in [-0.4, -0.2) is 16.6 Å². The molecule has 0 atom stereocenters. The summed E-state index contributed by atoms with van der Waals surface area (Å²) in [5, 5.41) is 22.0. The fourth-order valence-corrected chi connectivity index (χ4v) is 3.38. The van der Waals surface area contributed by atoms with E-state index in [2.05, 4.69) is 0 Å². The van der Waals surface area contributed by atoms with Crippen molar-refractivity contribution < 1.29 is 36.3 Å². The lowest BCUT2D eigenvalue weighted by atomic mass is 10.1. The topological polar surface area (TPSA) is 109 Å². The second-order valence-corrected chi connectivity index (χ2v) is 6.94. The van der Waals surface area contributed by atoms with Gasteiger partial charge in [-0.2, -0.15) is 0 Å². The molecule has 0 unspecified atom stereocenters. The highest BCUT2D eigenvalue weighted by molar-refractivity contribution is 5.50. The number of ether oxygens (including phenoxy) is 2. The highest BCUT2D eigenvalue weighted by atomic mass is 35.5. The van der Waals surface area contributed by atoms with Crippen LogP contribution in [0.3, 0.4) is 0 Å². The van der Waals surface area contributed by atoms with Gasteiger partial charge in [0.1, 0.15) is 5.75 Å². The number of fused-ring (bicyclic) bond motifs is 1. The molecule has 9 nitrogen and oxygen atoms in total. The number of rotatable bonds is 6. The van der Waals surface area contributed by atoms with Crippen molar-refractivity contribution in [1.29, 1.82) is 0 Å². The summed E-state index contributed by atoms with van der Waals surface area (Å²) in [5.41, 5.74) is 3.48. The standard InChI is InChI=1S/C21H18N3O6.ClH/c25-23(26)19-3-1-15(2-4-19)9-16-5-7-22(8-6-16)12-17-10-20(24(27)28)11-18-13-29-14-30-21(17)18;/h1-8,10-11H,9,12-14H2;1H/q+1;/p-1.